The number of carbonyl (C=O) groups excluding carboxylic acids is 1. The molecule has 0 radical (unpaired) electrons. The topological polar surface area (TPSA) is 84.9 Å². The van der Waals surface area contributed by atoms with Crippen LogP contribution in [-0.4, -0.2) is 31.2 Å². The number of benzene rings is 2. The van der Waals surface area contributed by atoms with E-state index >= 15 is 0 Å². The summed E-state index contributed by atoms with van der Waals surface area (Å²) in [5.41, 5.74) is 2.80. The molecule has 0 aliphatic heterocycles. The van der Waals surface area contributed by atoms with E-state index in [1.807, 2.05) is 36.4 Å². The van der Waals surface area contributed by atoms with Gasteiger partial charge in [-0.1, -0.05) is 24.3 Å². The van der Waals surface area contributed by atoms with Crippen molar-refractivity contribution in [2.24, 2.45) is 0 Å². The second-order valence-corrected chi connectivity index (χ2v) is 6.19. The highest BCUT2D eigenvalue weighted by Crippen LogP contribution is 2.36. The number of anilines is 1. The van der Waals surface area contributed by atoms with Gasteiger partial charge in [0.1, 0.15) is 11.5 Å². The number of para-hydroxylation sites is 1. The van der Waals surface area contributed by atoms with Crippen molar-refractivity contribution in [1.29, 1.82) is 0 Å². The van der Waals surface area contributed by atoms with Crippen LogP contribution in [-0.2, 0) is 9.59 Å². The third-order valence-corrected chi connectivity index (χ3v) is 4.62. The van der Waals surface area contributed by atoms with Crippen LogP contribution in [0.15, 0.2) is 53.6 Å². The van der Waals surface area contributed by atoms with E-state index < -0.39 is 11.9 Å². The summed E-state index contributed by atoms with van der Waals surface area (Å²) in [5.74, 6) is -0.204. The van der Waals surface area contributed by atoms with E-state index in [9.17, 15) is 14.7 Å². The van der Waals surface area contributed by atoms with Gasteiger partial charge in [0, 0.05) is 16.7 Å². The first-order valence-corrected chi connectivity index (χ1v) is 8.63. The zero-order chi connectivity index (χ0) is 19.4. The molecule has 2 aromatic carbocycles. The number of nitrogens with one attached hydrogen (secondary N) is 1. The highest BCUT2D eigenvalue weighted by molar-refractivity contribution is 6.09. The molecule has 0 atom stereocenters. The first-order valence-electron chi connectivity index (χ1n) is 8.63. The lowest BCUT2D eigenvalue weighted by Gasteiger charge is -2.14. The van der Waals surface area contributed by atoms with E-state index in [0.717, 1.165) is 16.9 Å². The van der Waals surface area contributed by atoms with Crippen LogP contribution >= 0.6 is 0 Å². The smallest absolute Gasteiger partial charge is 0.332 e. The van der Waals surface area contributed by atoms with Crippen molar-refractivity contribution < 1.29 is 24.2 Å². The summed E-state index contributed by atoms with van der Waals surface area (Å²) in [6.07, 6.45) is 1.56. The van der Waals surface area contributed by atoms with E-state index in [2.05, 4.69) is 5.32 Å². The van der Waals surface area contributed by atoms with Crippen molar-refractivity contribution >= 4 is 17.6 Å². The number of amides is 1. The van der Waals surface area contributed by atoms with Gasteiger partial charge in [0.25, 0.3) is 5.91 Å². The fraction of sp³-hybridized carbons (Fsp3) is 0.238. The number of rotatable bonds is 6. The number of aliphatic carboxylic acids is 1. The summed E-state index contributed by atoms with van der Waals surface area (Å²) in [6.45, 7) is 0. The van der Waals surface area contributed by atoms with Crippen LogP contribution in [0.1, 0.15) is 19.3 Å². The molecule has 1 aliphatic rings. The molecule has 1 amide bonds. The van der Waals surface area contributed by atoms with Gasteiger partial charge in [-0.2, -0.15) is 0 Å². The molecular weight excluding hydrogens is 346 g/mol. The maximum Gasteiger partial charge on any atom is 0.332 e. The van der Waals surface area contributed by atoms with Gasteiger partial charge in [-0.3, -0.25) is 4.79 Å². The highest BCUT2D eigenvalue weighted by Gasteiger charge is 2.25. The van der Waals surface area contributed by atoms with E-state index in [4.69, 9.17) is 9.47 Å². The first-order chi connectivity index (χ1) is 13.0. The molecule has 0 saturated carbocycles. The van der Waals surface area contributed by atoms with Gasteiger partial charge in [0.15, 0.2) is 0 Å². The molecule has 0 bridgehead atoms. The summed E-state index contributed by atoms with van der Waals surface area (Å²) in [6, 6.07) is 13.0. The van der Waals surface area contributed by atoms with Crippen LogP contribution in [0.3, 0.4) is 0 Å². The first kappa shape index (κ1) is 18.5. The molecule has 0 saturated heterocycles. The lowest BCUT2D eigenvalue weighted by molar-refractivity contribution is -0.133. The van der Waals surface area contributed by atoms with E-state index in [0.29, 0.717) is 36.3 Å². The molecule has 0 spiro atoms. The Morgan fingerprint density at radius 3 is 2.37 bits per heavy atom. The molecule has 6 nitrogen and oxygen atoms in total. The molecule has 0 unspecified atom stereocenters. The Morgan fingerprint density at radius 2 is 1.67 bits per heavy atom. The number of hydrogen-bond donors (Lipinski definition) is 2. The van der Waals surface area contributed by atoms with Gasteiger partial charge in [-0.05, 0) is 43.0 Å². The number of ether oxygens (including phenoxy) is 2. The Labute approximate surface area is 157 Å². The molecular formula is C21H21NO5. The Balaban J connectivity index is 1.90. The maximum absolute atomic E-state index is 12.5. The molecule has 27 heavy (non-hydrogen) atoms. The largest absolute Gasteiger partial charge is 0.496 e. The third kappa shape index (κ3) is 3.79. The van der Waals surface area contributed by atoms with Gasteiger partial charge in [0.05, 0.1) is 19.9 Å². The quantitative estimate of drug-likeness (QED) is 0.809. The van der Waals surface area contributed by atoms with Crippen LogP contribution in [0.5, 0.6) is 11.5 Å². The maximum atomic E-state index is 12.5. The fourth-order valence-corrected chi connectivity index (χ4v) is 3.27. The summed E-state index contributed by atoms with van der Waals surface area (Å²) in [4.78, 5) is 23.8. The number of carboxylic acids is 1. The van der Waals surface area contributed by atoms with Crippen molar-refractivity contribution in [2.75, 3.05) is 19.5 Å². The molecule has 0 fully saturated rings. The number of methoxy groups -OCH3 is 2. The lowest BCUT2D eigenvalue weighted by atomic mass is 10.0. The SMILES string of the molecule is COc1cc(-c2ccccc2OC)ccc1NC(=O)C1=C(C(=O)O)CCC1. The third-order valence-electron chi connectivity index (χ3n) is 4.62. The Bertz CT molecular complexity index is 917. The lowest BCUT2D eigenvalue weighted by Crippen LogP contribution is -2.16. The molecule has 2 aromatic rings. The van der Waals surface area contributed by atoms with Crippen LogP contribution in [0.25, 0.3) is 11.1 Å². The Hall–Kier alpha value is -3.28. The van der Waals surface area contributed by atoms with Crippen molar-refractivity contribution in [3.63, 3.8) is 0 Å². The molecule has 1 aliphatic carbocycles. The molecule has 140 valence electrons. The molecule has 0 heterocycles. The van der Waals surface area contributed by atoms with Crippen molar-refractivity contribution in [3.05, 3.63) is 53.6 Å². The average molecular weight is 367 g/mol. The second-order valence-electron chi connectivity index (χ2n) is 6.19. The van der Waals surface area contributed by atoms with Gasteiger partial charge in [-0.15, -0.1) is 0 Å². The molecule has 3 rings (SSSR count). The van der Waals surface area contributed by atoms with Crippen LogP contribution in [0.4, 0.5) is 5.69 Å². The van der Waals surface area contributed by atoms with Crippen molar-refractivity contribution in [1.82, 2.24) is 0 Å². The predicted molar refractivity (Wildman–Crippen MR) is 102 cm³/mol. The van der Waals surface area contributed by atoms with Crippen LogP contribution < -0.4 is 14.8 Å². The molecule has 6 heteroatoms. The monoisotopic (exact) mass is 367 g/mol. The van der Waals surface area contributed by atoms with Gasteiger partial charge in [-0.25, -0.2) is 4.79 Å². The van der Waals surface area contributed by atoms with Gasteiger partial charge >= 0.3 is 5.97 Å². The van der Waals surface area contributed by atoms with Crippen molar-refractivity contribution in [3.8, 4) is 22.6 Å². The number of carbonyl (C=O) groups is 2. The van der Waals surface area contributed by atoms with E-state index in [-0.39, 0.29) is 5.57 Å². The fourth-order valence-electron chi connectivity index (χ4n) is 3.27. The zero-order valence-corrected chi connectivity index (χ0v) is 15.2. The normalized spacial score (nSPS) is 13.4. The predicted octanol–water partition coefficient (Wildman–Crippen LogP) is 3.87. The minimum atomic E-state index is -1.03. The zero-order valence-electron chi connectivity index (χ0n) is 15.2. The van der Waals surface area contributed by atoms with Gasteiger partial charge in [0.2, 0.25) is 0 Å². The number of carboxylic acid groups (broad SMARTS) is 1. The van der Waals surface area contributed by atoms with Crippen LogP contribution in [0, 0.1) is 0 Å². The Morgan fingerprint density at radius 1 is 0.963 bits per heavy atom. The standard InChI is InChI=1S/C21H21NO5/c1-26-18-9-4-3-6-14(18)13-10-11-17(19(12-13)27-2)22-20(23)15-7-5-8-16(15)21(24)25/h3-4,6,9-12H,5,7-8H2,1-2H3,(H,22,23)(H,24,25). The summed E-state index contributed by atoms with van der Waals surface area (Å²) >= 11 is 0. The minimum Gasteiger partial charge on any atom is -0.496 e. The van der Waals surface area contributed by atoms with Crippen molar-refractivity contribution in [2.45, 2.75) is 19.3 Å². The summed E-state index contributed by atoms with van der Waals surface area (Å²) in [7, 11) is 3.13. The molecule has 0 aromatic heterocycles. The minimum absolute atomic E-state index is 0.192. The van der Waals surface area contributed by atoms with E-state index in [1.54, 1.807) is 13.2 Å². The second kappa shape index (κ2) is 7.95. The van der Waals surface area contributed by atoms with E-state index in [1.165, 1.54) is 7.11 Å². The summed E-state index contributed by atoms with van der Waals surface area (Å²) in [5, 5.41) is 12.0. The molecule has 2 N–H and O–H groups in total. The summed E-state index contributed by atoms with van der Waals surface area (Å²) < 4.78 is 10.8. The number of hydrogen-bond acceptors (Lipinski definition) is 4. The Kier molecular flexibility index (Phi) is 5.45. The highest BCUT2D eigenvalue weighted by atomic mass is 16.5. The van der Waals surface area contributed by atoms with Crippen LogP contribution in [0.2, 0.25) is 0 Å². The van der Waals surface area contributed by atoms with Gasteiger partial charge < -0.3 is 19.9 Å². The average Bonchev–Trinajstić information content (AvgIpc) is 3.18.